The van der Waals surface area contributed by atoms with Crippen LogP contribution in [0.25, 0.3) is 0 Å². The third kappa shape index (κ3) is 3.23. The van der Waals surface area contributed by atoms with Gasteiger partial charge in [-0.25, -0.2) is 0 Å². The van der Waals surface area contributed by atoms with E-state index in [1.54, 1.807) is 7.11 Å². The molecule has 0 amide bonds. The highest BCUT2D eigenvalue weighted by Gasteiger charge is 2.40. The number of hydrogen-bond acceptors (Lipinski definition) is 4. The lowest BCUT2D eigenvalue weighted by Crippen LogP contribution is -2.54. The highest BCUT2D eigenvalue weighted by Crippen LogP contribution is 2.38. The maximum Gasteiger partial charge on any atom is 0.124 e. The van der Waals surface area contributed by atoms with Gasteiger partial charge in [0.15, 0.2) is 0 Å². The number of aryl methyl sites for hydroxylation is 1. The summed E-state index contributed by atoms with van der Waals surface area (Å²) in [4.78, 5) is 2.34. The van der Waals surface area contributed by atoms with Crippen molar-refractivity contribution < 1.29 is 14.6 Å². The molecule has 0 aromatic heterocycles. The van der Waals surface area contributed by atoms with E-state index in [-0.39, 0.29) is 5.54 Å². The molecule has 4 nitrogen and oxygen atoms in total. The molecule has 118 valence electrons. The quantitative estimate of drug-likeness (QED) is 0.906. The summed E-state index contributed by atoms with van der Waals surface area (Å²) < 4.78 is 10.9. The summed E-state index contributed by atoms with van der Waals surface area (Å²) in [6.07, 6.45) is 0.279. The van der Waals surface area contributed by atoms with Crippen LogP contribution in [0.3, 0.4) is 0 Å². The Hall–Kier alpha value is -1.10. The number of benzene rings is 1. The number of hydrogen-bond donors (Lipinski definition) is 1. The third-order valence-electron chi connectivity index (χ3n) is 4.72. The van der Waals surface area contributed by atoms with Crippen molar-refractivity contribution in [1.29, 1.82) is 0 Å². The molecule has 1 saturated heterocycles. The molecule has 0 aliphatic carbocycles. The normalized spacial score (nSPS) is 20.8. The van der Waals surface area contributed by atoms with Crippen LogP contribution in [0.5, 0.6) is 5.75 Å². The van der Waals surface area contributed by atoms with Crippen LogP contribution >= 0.6 is 0 Å². The van der Waals surface area contributed by atoms with Crippen LogP contribution in [0.4, 0.5) is 0 Å². The first-order valence-electron chi connectivity index (χ1n) is 7.68. The zero-order valence-corrected chi connectivity index (χ0v) is 13.6. The summed E-state index contributed by atoms with van der Waals surface area (Å²) >= 11 is 0. The molecule has 0 saturated carbocycles. The fourth-order valence-corrected chi connectivity index (χ4v) is 3.07. The summed E-state index contributed by atoms with van der Waals surface area (Å²) in [6, 6.07) is 5.97. The van der Waals surface area contributed by atoms with Gasteiger partial charge < -0.3 is 14.6 Å². The second kappa shape index (κ2) is 6.77. The Kier molecular flexibility index (Phi) is 5.25. The number of aliphatic hydroxyl groups is 1. The van der Waals surface area contributed by atoms with Crippen molar-refractivity contribution in [1.82, 2.24) is 4.90 Å². The second-order valence-corrected chi connectivity index (χ2v) is 5.96. The zero-order valence-electron chi connectivity index (χ0n) is 13.6. The number of nitrogens with zero attached hydrogens (tertiary/aromatic N) is 1. The van der Waals surface area contributed by atoms with E-state index in [9.17, 15) is 5.11 Å². The number of rotatable bonds is 5. The van der Waals surface area contributed by atoms with Gasteiger partial charge in [0.05, 0.1) is 20.3 Å². The molecule has 0 spiro atoms. The lowest BCUT2D eigenvalue weighted by molar-refractivity contribution is -0.0739. The Bertz CT molecular complexity index is 471. The predicted octanol–water partition coefficient (Wildman–Crippen LogP) is 2.54. The van der Waals surface area contributed by atoms with Crippen molar-refractivity contribution in [3.05, 3.63) is 29.3 Å². The topological polar surface area (TPSA) is 41.9 Å². The van der Waals surface area contributed by atoms with Crippen LogP contribution in [0.2, 0.25) is 0 Å². The number of morpholine rings is 1. The van der Waals surface area contributed by atoms with E-state index < -0.39 is 6.10 Å². The molecular formula is C17H27NO3. The van der Waals surface area contributed by atoms with Crippen molar-refractivity contribution in [2.45, 2.75) is 38.8 Å². The predicted molar refractivity (Wildman–Crippen MR) is 83.8 cm³/mol. The van der Waals surface area contributed by atoms with Crippen LogP contribution in [0, 0.1) is 6.92 Å². The summed E-state index contributed by atoms with van der Waals surface area (Å²) in [7, 11) is 1.65. The van der Waals surface area contributed by atoms with Gasteiger partial charge in [0.25, 0.3) is 0 Å². The van der Waals surface area contributed by atoms with Crippen molar-refractivity contribution in [2.24, 2.45) is 0 Å². The molecule has 1 N–H and O–H groups in total. The maximum atomic E-state index is 11.1. The van der Waals surface area contributed by atoms with E-state index in [4.69, 9.17) is 9.47 Å². The minimum atomic E-state index is -0.588. The molecule has 2 unspecified atom stereocenters. The number of ether oxygens (including phenoxy) is 2. The highest BCUT2D eigenvalue weighted by molar-refractivity contribution is 5.40. The van der Waals surface area contributed by atoms with Gasteiger partial charge in [-0.1, -0.05) is 18.6 Å². The van der Waals surface area contributed by atoms with Crippen LogP contribution in [0.1, 0.15) is 37.5 Å². The minimum Gasteiger partial charge on any atom is -0.496 e. The zero-order chi connectivity index (χ0) is 15.5. The fourth-order valence-electron chi connectivity index (χ4n) is 3.07. The average molecular weight is 293 g/mol. The van der Waals surface area contributed by atoms with Gasteiger partial charge in [-0.05, 0) is 32.4 Å². The van der Waals surface area contributed by atoms with Crippen LogP contribution in [-0.4, -0.2) is 49.0 Å². The molecule has 2 rings (SSSR count). The Morgan fingerprint density at radius 3 is 2.62 bits per heavy atom. The first-order chi connectivity index (χ1) is 10.0. The Morgan fingerprint density at radius 1 is 1.38 bits per heavy atom. The molecule has 1 heterocycles. The van der Waals surface area contributed by atoms with Gasteiger partial charge in [-0.3, -0.25) is 4.90 Å². The molecular weight excluding hydrogens is 266 g/mol. The van der Waals surface area contributed by atoms with Crippen molar-refractivity contribution in [3.63, 3.8) is 0 Å². The van der Waals surface area contributed by atoms with E-state index in [0.29, 0.717) is 0 Å². The molecule has 21 heavy (non-hydrogen) atoms. The Morgan fingerprint density at radius 2 is 2.05 bits per heavy atom. The molecule has 1 aliphatic heterocycles. The van der Waals surface area contributed by atoms with Crippen molar-refractivity contribution >= 4 is 0 Å². The fraction of sp³-hybridized carbons (Fsp3) is 0.647. The summed E-state index contributed by atoms with van der Waals surface area (Å²) in [6.45, 7) is 9.46. The van der Waals surface area contributed by atoms with Gasteiger partial charge in [-0.15, -0.1) is 0 Å². The van der Waals surface area contributed by atoms with E-state index in [1.807, 2.05) is 25.1 Å². The van der Waals surface area contributed by atoms with Gasteiger partial charge in [0, 0.05) is 24.2 Å². The molecule has 1 fully saturated rings. The molecule has 0 radical (unpaired) electrons. The van der Waals surface area contributed by atoms with E-state index >= 15 is 0 Å². The summed E-state index contributed by atoms with van der Waals surface area (Å²) in [5.74, 6) is 0.751. The van der Waals surface area contributed by atoms with Gasteiger partial charge in [0.1, 0.15) is 11.9 Å². The standard InChI is InChI=1S/C17H27NO3/c1-5-17(3,18-8-10-21-11-9-18)16(19)14-12-13(2)6-7-15(14)20-4/h6-7,12,16,19H,5,8-11H2,1-4H3. The number of methoxy groups -OCH3 is 1. The Labute approximate surface area is 127 Å². The van der Waals surface area contributed by atoms with Crippen LogP contribution in [0.15, 0.2) is 18.2 Å². The lowest BCUT2D eigenvalue weighted by atomic mass is 9.84. The van der Waals surface area contributed by atoms with Gasteiger partial charge in [-0.2, -0.15) is 0 Å². The van der Waals surface area contributed by atoms with Crippen LogP contribution < -0.4 is 4.74 Å². The second-order valence-electron chi connectivity index (χ2n) is 5.96. The molecule has 4 heteroatoms. The van der Waals surface area contributed by atoms with Gasteiger partial charge >= 0.3 is 0 Å². The van der Waals surface area contributed by atoms with E-state index in [2.05, 4.69) is 18.7 Å². The van der Waals surface area contributed by atoms with E-state index in [0.717, 1.165) is 49.6 Å². The molecule has 2 atom stereocenters. The summed E-state index contributed by atoms with van der Waals surface area (Å²) in [5, 5.41) is 11.1. The summed E-state index contributed by atoms with van der Waals surface area (Å²) in [5.41, 5.74) is 1.68. The largest absolute Gasteiger partial charge is 0.496 e. The minimum absolute atomic E-state index is 0.315. The molecule has 0 bridgehead atoms. The van der Waals surface area contributed by atoms with Crippen LogP contribution in [-0.2, 0) is 4.74 Å². The first kappa shape index (κ1) is 16.3. The SMILES string of the molecule is CCC(C)(C(O)c1cc(C)ccc1OC)N1CCOCC1. The van der Waals surface area contributed by atoms with Crippen molar-refractivity contribution in [3.8, 4) is 5.75 Å². The molecule has 1 aromatic rings. The van der Waals surface area contributed by atoms with Crippen molar-refractivity contribution in [2.75, 3.05) is 33.4 Å². The Balaban J connectivity index is 2.34. The first-order valence-corrected chi connectivity index (χ1v) is 7.68. The highest BCUT2D eigenvalue weighted by atomic mass is 16.5. The molecule has 1 aliphatic rings. The molecule has 1 aromatic carbocycles. The van der Waals surface area contributed by atoms with Gasteiger partial charge in [0.2, 0.25) is 0 Å². The smallest absolute Gasteiger partial charge is 0.124 e. The monoisotopic (exact) mass is 293 g/mol. The maximum absolute atomic E-state index is 11.1. The van der Waals surface area contributed by atoms with E-state index in [1.165, 1.54) is 0 Å². The number of aliphatic hydroxyl groups excluding tert-OH is 1. The average Bonchev–Trinajstić information content (AvgIpc) is 2.54. The lowest BCUT2D eigenvalue weighted by Gasteiger charge is -2.46. The third-order valence-corrected chi connectivity index (χ3v) is 4.72.